The van der Waals surface area contributed by atoms with E-state index in [9.17, 15) is 18.0 Å². The SMILES string of the molecule is CC1(C)Cc2c(c3c(n2-c2cc(F)c(C(N)=O)c(NC4CCC(OC(=O)CN)CC4)c2)CCC3)S(=O)(=O)C1. The van der Waals surface area contributed by atoms with Crippen molar-refractivity contribution < 1.29 is 27.1 Å². The van der Waals surface area contributed by atoms with Gasteiger partial charge in [-0.05, 0) is 74.5 Å². The minimum Gasteiger partial charge on any atom is -0.461 e. The van der Waals surface area contributed by atoms with Crippen LogP contribution in [-0.2, 0) is 38.6 Å². The van der Waals surface area contributed by atoms with Crippen LogP contribution in [0.2, 0.25) is 0 Å². The number of anilines is 1. The fraction of sp³-hybridized carbons (Fsp3) is 0.556. The van der Waals surface area contributed by atoms with E-state index < -0.39 is 32.9 Å². The molecular formula is C27H35FN4O5S. The number of carbonyl (C=O) groups is 2. The van der Waals surface area contributed by atoms with E-state index in [0.717, 1.165) is 17.7 Å². The van der Waals surface area contributed by atoms with E-state index in [1.54, 1.807) is 6.07 Å². The smallest absolute Gasteiger partial charge is 0.319 e. The molecule has 1 fully saturated rings. The Morgan fingerprint density at radius 1 is 1.16 bits per heavy atom. The predicted molar refractivity (Wildman–Crippen MR) is 141 cm³/mol. The Morgan fingerprint density at radius 2 is 1.87 bits per heavy atom. The molecular weight excluding hydrogens is 511 g/mol. The Labute approximate surface area is 222 Å². The lowest BCUT2D eigenvalue weighted by Gasteiger charge is -2.31. The highest BCUT2D eigenvalue weighted by atomic mass is 32.2. The summed E-state index contributed by atoms with van der Waals surface area (Å²) in [5.74, 6) is -2.00. The number of nitrogens with one attached hydrogen (secondary N) is 1. The minimum absolute atomic E-state index is 0.0779. The van der Waals surface area contributed by atoms with Gasteiger partial charge >= 0.3 is 5.97 Å². The number of hydrogen-bond donors (Lipinski definition) is 3. The first-order valence-electron chi connectivity index (χ1n) is 13.2. The molecule has 1 aliphatic heterocycles. The van der Waals surface area contributed by atoms with E-state index >= 15 is 4.39 Å². The van der Waals surface area contributed by atoms with Crippen molar-refractivity contribution in [1.82, 2.24) is 4.57 Å². The van der Waals surface area contributed by atoms with Crippen molar-refractivity contribution in [1.29, 1.82) is 0 Å². The molecule has 1 aromatic heterocycles. The van der Waals surface area contributed by atoms with E-state index in [0.29, 0.717) is 61.2 Å². The number of aromatic nitrogens is 1. The molecule has 5 rings (SSSR count). The minimum atomic E-state index is -3.49. The second-order valence-corrected chi connectivity index (χ2v) is 13.4. The standard InChI is InChI=1S/C27H35FN4O5S/c1-27(2)12-22-25(38(35,36)14-27)18-4-3-5-21(18)32(22)16-10-19(28)24(26(30)34)20(11-16)31-15-6-8-17(9-7-15)37-23(33)13-29/h10-11,15,17,31H,3-9,12-14,29H2,1-2H3,(H2,30,34). The van der Waals surface area contributed by atoms with Gasteiger partial charge in [0.05, 0.1) is 34.1 Å². The summed E-state index contributed by atoms with van der Waals surface area (Å²) in [5.41, 5.74) is 13.4. The molecule has 9 nitrogen and oxygen atoms in total. The van der Waals surface area contributed by atoms with Crippen LogP contribution in [0.1, 0.15) is 73.3 Å². The first kappa shape index (κ1) is 26.7. The molecule has 2 aliphatic carbocycles. The molecule has 2 heterocycles. The number of rotatable bonds is 6. The quantitative estimate of drug-likeness (QED) is 0.472. The molecule has 0 bridgehead atoms. The van der Waals surface area contributed by atoms with E-state index in [4.69, 9.17) is 16.2 Å². The van der Waals surface area contributed by atoms with Crippen molar-refractivity contribution in [2.45, 2.75) is 82.3 Å². The number of primary amides is 1. The van der Waals surface area contributed by atoms with Crippen molar-refractivity contribution in [2.24, 2.45) is 16.9 Å². The van der Waals surface area contributed by atoms with Crippen LogP contribution in [-0.4, -0.2) is 49.3 Å². The summed E-state index contributed by atoms with van der Waals surface area (Å²) < 4.78 is 49.4. The molecule has 1 saturated carbocycles. The monoisotopic (exact) mass is 546 g/mol. The number of fused-ring (bicyclic) bond motifs is 3. The van der Waals surface area contributed by atoms with E-state index in [1.165, 1.54) is 6.07 Å². The number of hydrogen-bond acceptors (Lipinski definition) is 7. The number of esters is 1. The molecule has 38 heavy (non-hydrogen) atoms. The predicted octanol–water partition coefficient (Wildman–Crippen LogP) is 2.79. The first-order valence-corrected chi connectivity index (χ1v) is 14.8. The van der Waals surface area contributed by atoms with Crippen molar-refractivity contribution in [3.8, 4) is 5.69 Å². The molecule has 0 radical (unpaired) electrons. The normalized spacial score (nSPS) is 23.4. The Balaban J connectivity index is 1.54. The number of nitrogens with two attached hydrogens (primary N) is 2. The van der Waals surface area contributed by atoms with Crippen molar-refractivity contribution >= 4 is 27.4 Å². The molecule has 0 atom stereocenters. The number of carbonyl (C=O) groups excluding carboxylic acids is 2. The molecule has 206 valence electrons. The highest BCUT2D eigenvalue weighted by Crippen LogP contribution is 2.45. The van der Waals surface area contributed by atoms with Crippen LogP contribution in [0, 0.1) is 11.2 Å². The number of amides is 1. The second kappa shape index (κ2) is 9.68. The first-order chi connectivity index (χ1) is 17.9. The Hall–Kier alpha value is -2.92. The largest absolute Gasteiger partial charge is 0.461 e. The van der Waals surface area contributed by atoms with Crippen LogP contribution in [0.15, 0.2) is 17.0 Å². The highest BCUT2D eigenvalue weighted by molar-refractivity contribution is 7.91. The van der Waals surface area contributed by atoms with E-state index in [1.807, 2.05) is 18.4 Å². The molecule has 1 amide bonds. The maximum absolute atomic E-state index is 15.5. The number of ether oxygens (including phenoxy) is 1. The lowest BCUT2D eigenvalue weighted by atomic mass is 9.89. The van der Waals surface area contributed by atoms with E-state index in [2.05, 4.69) is 5.32 Å². The van der Waals surface area contributed by atoms with Gasteiger partial charge in [-0.15, -0.1) is 0 Å². The van der Waals surface area contributed by atoms with Crippen LogP contribution in [0.25, 0.3) is 5.69 Å². The van der Waals surface area contributed by atoms with Crippen LogP contribution < -0.4 is 16.8 Å². The van der Waals surface area contributed by atoms with Gasteiger partial charge < -0.3 is 26.1 Å². The third-order valence-electron chi connectivity index (χ3n) is 7.88. The molecule has 0 spiro atoms. The summed E-state index contributed by atoms with van der Waals surface area (Å²) in [6.45, 7) is 3.69. The van der Waals surface area contributed by atoms with Gasteiger partial charge in [0.2, 0.25) is 0 Å². The van der Waals surface area contributed by atoms with Gasteiger partial charge in [0.25, 0.3) is 5.91 Å². The summed E-state index contributed by atoms with van der Waals surface area (Å²) >= 11 is 0. The fourth-order valence-electron chi connectivity index (χ4n) is 6.45. The van der Waals surface area contributed by atoms with Crippen molar-refractivity contribution in [2.75, 3.05) is 17.6 Å². The lowest BCUT2D eigenvalue weighted by Crippen LogP contribution is -2.33. The molecule has 3 aliphatic rings. The molecule has 1 aromatic carbocycles. The van der Waals surface area contributed by atoms with Crippen LogP contribution in [0.5, 0.6) is 0 Å². The van der Waals surface area contributed by atoms with Gasteiger partial charge in [0.1, 0.15) is 11.9 Å². The summed E-state index contributed by atoms with van der Waals surface area (Å²) in [6, 6.07) is 2.90. The zero-order valence-electron chi connectivity index (χ0n) is 21.8. The average molecular weight is 547 g/mol. The van der Waals surface area contributed by atoms with Gasteiger partial charge in [-0.1, -0.05) is 13.8 Å². The topological polar surface area (TPSA) is 147 Å². The summed E-state index contributed by atoms with van der Waals surface area (Å²) in [5, 5.41) is 3.30. The molecule has 0 unspecified atom stereocenters. The number of sulfone groups is 1. The van der Waals surface area contributed by atoms with Gasteiger partial charge in [0.15, 0.2) is 9.84 Å². The van der Waals surface area contributed by atoms with Gasteiger partial charge in [-0.2, -0.15) is 0 Å². The zero-order valence-corrected chi connectivity index (χ0v) is 22.6. The second-order valence-electron chi connectivity index (χ2n) is 11.5. The van der Waals surface area contributed by atoms with Crippen LogP contribution >= 0.6 is 0 Å². The average Bonchev–Trinajstić information content (AvgIpc) is 3.38. The van der Waals surface area contributed by atoms with Gasteiger partial charge in [-0.3, -0.25) is 9.59 Å². The van der Waals surface area contributed by atoms with Crippen molar-refractivity contribution in [3.05, 3.63) is 40.5 Å². The lowest BCUT2D eigenvalue weighted by molar-refractivity contribution is -0.148. The maximum atomic E-state index is 15.5. The number of nitrogens with zero attached hydrogens (tertiary/aromatic N) is 1. The van der Waals surface area contributed by atoms with Crippen LogP contribution in [0.3, 0.4) is 0 Å². The summed E-state index contributed by atoms with van der Waals surface area (Å²) in [4.78, 5) is 24.2. The zero-order chi connectivity index (χ0) is 27.4. The van der Waals surface area contributed by atoms with E-state index in [-0.39, 0.29) is 35.7 Å². The van der Waals surface area contributed by atoms with Gasteiger partial charge in [0, 0.05) is 17.4 Å². The third-order valence-corrected chi connectivity index (χ3v) is 10.1. The summed E-state index contributed by atoms with van der Waals surface area (Å²) in [7, 11) is -3.49. The molecule has 5 N–H and O–H groups in total. The van der Waals surface area contributed by atoms with Crippen LogP contribution in [0.4, 0.5) is 10.1 Å². The highest BCUT2D eigenvalue weighted by Gasteiger charge is 2.42. The third kappa shape index (κ3) is 4.82. The molecule has 0 saturated heterocycles. The number of halogens is 1. The summed E-state index contributed by atoms with van der Waals surface area (Å²) in [6.07, 6.45) is 5.06. The Kier molecular flexibility index (Phi) is 6.79. The maximum Gasteiger partial charge on any atom is 0.319 e. The molecule has 2 aromatic rings. The number of benzene rings is 1. The van der Waals surface area contributed by atoms with Crippen molar-refractivity contribution in [3.63, 3.8) is 0 Å². The Morgan fingerprint density at radius 3 is 2.53 bits per heavy atom. The van der Waals surface area contributed by atoms with Gasteiger partial charge in [-0.25, -0.2) is 12.8 Å². The Bertz CT molecular complexity index is 1410. The fourth-order valence-corrected chi connectivity index (χ4v) is 8.84. The molecule has 11 heteroatoms.